The molecule has 0 aromatic heterocycles. The Morgan fingerprint density at radius 3 is 1.83 bits per heavy atom. The third-order valence-electron chi connectivity index (χ3n) is 7.39. The Morgan fingerprint density at radius 1 is 0.707 bits per heavy atom. The highest BCUT2D eigenvalue weighted by Gasteiger charge is 2.49. The lowest BCUT2D eigenvalue weighted by atomic mass is 9.89. The quantitative estimate of drug-likeness (QED) is 0.135. The molecule has 238 valence electrons. The Hall–Kier alpha value is -1.29. The second kappa shape index (κ2) is 21.4. The minimum atomic E-state index is -0.619. The third kappa shape index (κ3) is 11.7. The van der Waals surface area contributed by atoms with Crippen molar-refractivity contribution in [3.63, 3.8) is 0 Å². The fraction of sp³-hybridized carbons (Fsp3) is 0.818. The van der Waals surface area contributed by atoms with Crippen molar-refractivity contribution in [2.45, 2.75) is 136 Å². The smallest absolute Gasteiger partial charge is 0.132 e. The molecule has 0 amide bonds. The largest absolute Gasteiger partial charge is 0.493 e. The fourth-order valence-corrected chi connectivity index (χ4v) is 4.82. The topological polar surface area (TPSA) is 75.6 Å². The molecule has 0 radical (unpaired) electrons. The molecule has 0 saturated carbocycles. The molecule has 0 unspecified atom stereocenters. The van der Waals surface area contributed by atoms with Crippen LogP contribution < -0.4 is 4.74 Å². The van der Waals surface area contributed by atoms with Gasteiger partial charge >= 0.3 is 0 Å². The molecule has 0 spiro atoms. The van der Waals surface area contributed by atoms with Gasteiger partial charge in [-0.3, -0.25) is 0 Å². The van der Waals surface area contributed by atoms with Crippen LogP contribution in [0.25, 0.3) is 0 Å². The molecule has 0 aliphatic carbocycles. The third-order valence-corrected chi connectivity index (χ3v) is 7.39. The van der Waals surface area contributed by atoms with Crippen molar-refractivity contribution in [1.29, 1.82) is 0 Å². The van der Waals surface area contributed by atoms with E-state index < -0.39 is 36.8 Å². The van der Waals surface area contributed by atoms with Crippen molar-refractivity contribution in [2.75, 3.05) is 39.6 Å². The average molecular weight is 585 g/mol. The SMILES string of the molecule is CCCCOC[C@H]1O[C@@H](c2cc(CO)c(F)cc2OCCCC)[C@H](OCCCC)[C@@H](OCCCC)[C@@H]1OCCCC. The maximum absolute atomic E-state index is 14.9. The lowest BCUT2D eigenvalue weighted by molar-refractivity contribution is -0.268. The summed E-state index contributed by atoms with van der Waals surface area (Å²) in [5.41, 5.74) is 0.849. The molecule has 8 heteroatoms. The molecule has 1 fully saturated rings. The second-order valence-electron chi connectivity index (χ2n) is 10.9. The van der Waals surface area contributed by atoms with Gasteiger partial charge in [0.1, 0.15) is 42.1 Å². The van der Waals surface area contributed by atoms with Crippen LogP contribution in [0.5, 0.6) is 5.75 Å². The van der Waals surface area contributed by atoms with Crippen LogP contribution in [-0.2, 0) is 30.3 Å². The number of hydrogen-bond acceptors (Lipinski definition) is 7. The Kier molecular flexibility index (Phi) is 18.7. The van der Waals surface area contributed by atoms with Gasteiger partial charge in [-0.25, -0.2) is 4.39 Å². The Labute approximate surface area is 248 Å². The monoisotopic (exact) mass is 584 g/mol. The molecular formula is C33H57FO7. The van der Waals surface area contributed by atoms with E-state index in [9.17, 15) is 9.50 Å². The zero-order valence-corrected chi connectivity index (χ0v) is 26.3. The molecule has 1 aromatic rings. The van der Waals surface area contributed by atoms with Gasteiger partial charge in [0.15, 0.2) is 0 Å². The minimum absolute atomic E-state index is 0.194. The van der Waals surface area contributed by atoms with Gasteiger partial charge in [0.05, 0.1) is 19.8 Å². The van der Waals surface area contributed by atoms with E-state index in [4.69, 9.17) is 28.4 Å². The highest BCUT2D eigenvalue weighted by Crippen LogP contribution is 2.42. The van der Waals surface area contributed by atoms with Gasteiger partial charge in [-0.2, -0.15) is 0 Å². The first-order valence-electron chi connectivity index (χ1n) is 16.2. The summed E-state index contributed by atoms with van der Waals surface area (Å²) in [6, 6.07) is 3.03. The van der Waals surface area contributed by atoms with Crippen LogP contribution in [-0.4, -0.2) is 69.2 Å². The lowest BCUT2D eigenvalue weighted by Gasteiger charge is -2.46. The highest BCUT2D eigenvalue weighted by molar-refractivity contribution is 5.41. The average Bonchev–Trinajstić information content (AvgIpc) is 2.97. The van der Waals surface area contributed by atoms with E-state index in [0.717, 1.165) is 64.2 Å². The van der Waals surface area contributed by atoms with Crippen LogP contribution in [0.2, 0.25) is 0 Å². The first kappa shape index (κ1) is 35.9. The fourth-order valence-electron chi connectivity index (χ4n) is 4.82. The molecule has 0 bridgehead atoms. The van der Waals surface area contributed by atoms with Crippen molar-refractivity contribution in [3.05, 3.63) is 29.1 Å². The van der Waals surface area contributed by atoms with Crippen molar-refractivity contribution in [3.8, 4) is 5.75 Å². The summed E-state index contributed by atoms with van der Waals surface area (Å²) in [7, 11) is 0. The molecule has 1 N–H and O–H groups in total. The zero-order chi connectivity index (χ0) is 29.9. The Bertz CT molecular complexity index is 808. The van der Waals surface area contributed by atoms with E-state index in [2.05, 4.69) is 34.6 Å². The molecule has 1 heterocycles. The molecule has 2 rings (SSSR count). The van der Waals surface area contributed by atoms with Crippen molar-refractivity contribution < 1.29 is 37.9 Å². The predicted molar refractivity (Wildman–Crippen MR) is 160 cm³/mol. The number of aliphatic hydroxyl groups excluding tert-OH is 1. The molecule has 7 nitrogen and oxygen atoms in total. The number of aliphatic hydroxyl groups is 1. The van der Waals surface area contributed by atoms with Crippen LogP contribution in [0.15, 0.2) is 12.1 Å². The summed E-state index contributed by atoms with van der Waals surface area (Å²) < 4.78 is 53.6. The normalized spacial score (nSPS) is 22.8. The number of rotatable bonds is 23. The first-order chi connectivity index (χ1) is 20.1. The summed E-state index contributed by atoms with van der Waals surface area (Å²) >= 11 is 0. The van der Waals surface area contributed by atoms with E-state index in [1.807, 2.05) is 0 Å². The van der Waals surface area contributed by atoms with Gasteiger partial charge in [0.2, 0.25) is 0 Å². The van der Waals surface area contributed by atoms with Crippen LogP contribution in [0, 0.1) is 5.82 Å². The molecule has 1 aromatic carbocycles. The maximum Gasteiger partial charge on any atom is 0.132 e. The van der Waals surface area contributed by atoms with Crippen LogP contribution in [0.1, 0.15) is 116 Å². The van der Waals surface area contributed by atoms with Gasteiger partial charge < -0.3 is 33.5 Å². The lowest BCUT2D eigenvalue weighted by Crippen LogP contribution is -2.58. The highest BCUT2D eigenvalue weighted by atomic mass is 19.1. The van der Waals surface area contributed by atoms with Gasteiger partial charge in [-0.05, 0) is 38.2 Å². The van der Waals surface area contributed by atoms with Crippen molar-refractivity contribution in [1.82, 2.24) is 0 Å². The van der Waals surface area contributed by atoms with Gasteiger partial charge in [-0.1, -0.05) is 66.7 Å². The first-order valence-corrected chi connectivity index (χ1v) is 16.2. The molecule has 5 atom stereocenters. The van der Waals surface area contributed by atoms with E-state index in [1.54, 1.807) is 6.07 Å². The number of ether oxygens (including phenoxy) is 6. The molecule has 1 aliphatic rings. The molecular weight excluding hydrogens is 527 g/mol. The van der Waals surface area contributed by atoms with Gasteiger partial charge in [0.25, 0.3) is 0 Å². The van der Waals surface area contributed by atoms with Gasteiger partial charge in [0, 0.05) is 43.6 Å². The summed E-state index contributed by atoms with van der Waals surface area (Å²) in [6.45, 7) is 13.3. The standard InChI is InChI=1S/C33H57FO7/c1-6-11-16-36-24-29-31(38-18-13-8-3)33(40-20-15-10-5)32(39-19-14-9-4)30(41-29)26-21-25(23-35)27(34)22-28(26)37-17-12-7-2/h21-22,29-33,35H,6-20,23-24H2,1-5H3/t29-,30+,31-,32+,33+/m1/s1. The van der Waals surface area contributed by atoms with Crippen LogP contribution in [0.4, 0.5) is 4.39 Å². The number of halogens is 1. The van der Waals surface area contributed by atoms with E-state index in [0.29, 0.717) is 51.0 Å². The zero-order valence-electron chi connectivity index (χ0n) is 26.3. The summed E-state index contributed by atoms with van der Waals surface area (Å²) in [6.07, 6.45) is 7.20. The van der Waals surface area contributed by atoms with Crippen molar-refractivity contribution >= 4 is 0 Å². The summed E-state index contributed by atoms with van der Waals surface area (Å²) in [5, 5.41) is 9.94. The number of unbranched alkanes of at least 4 members (excludes halogenated alkanes) is 5. The second-order valence-corrected chi connectivity index (χ2v) is 10.9. The van der Waals surface area contributed by atoms with Crippen molar-refractivity contribution in [2.24, 2.45) is 0 Å². The predicted octanol–water partition coefficient (Wildman–Crippen LogP) is 7.31. The molecule has 41 heavy (non-hydrogen) atoms. The van der Waals surface area contributed by atoms with Crippen LogP contribution in [0.3, 0.4) is 0 Å². The van der Waals surface area contributed by atoms with E-state index >= 15 is 0 Å². The Balaban J connectivity index is 2.57. The molecule has 1 aliphatic heterocycles. The van der Waals surface area contributed by atoms with Crippen LogP contribution >= 0.6 is 0 Å². The summed E-state index contributed by atoms with van der Waals surface area (Å²) in [5.74, 6) is -0.0940. The van der Waals surface area contributed by atoms with Gasteiger partial charge in [-0.15, -0.1) is 0 Å². The summed E-state index contributed by atoms with van der Waals surface area (Å²) in [4.78, 5) is 0. The minimum Gasteiger partial charge on any atom is -0.493 e. The molecule has 1 saturated heterocycles. The Morgan fingerprint density at radius 2 is 1.24 bits per heavy atom. The maximum atomic E-state index is 14.9. The van der Waals surface area contributed by atoms with E-state index in [1.165, 1.54) is 6.07 Å². The van der Waals surface area contributed by atoms with E-state index in [-0.39, 0.29) is 11.7 Å². The number of hydrogen-bond donors (Lipinski definition) is 1. The number of benzene rings is 1.